The minimum atomic E-state index is -0.232. The van der Waals surface area contributed by atoms with Crippen LogP contribution >= 0.6 is 0 Å². The number of hydrogen-bond acceptors (Lipinski definition) is 5. The van der Waals surface area contributed by atoms with Gasteiger partial charge in [0.1, 0.15) is 0 Å². The van der Waals surface area contributed by atoms with Gasteiger partial charge in [-0.25, -0.2) is 0 Å². The predicted molar refractivity (Wildman–Crippen MR) is 75.8 cm³/mol. The Labute approximate surface area is 115 Å². The molecule has 1 aliphatic heterocycles. The number of H-pyrrole nitrogens is 1. The van der Waals surface area contributed by atoms with Gasteiger partial charge in [0.05, 0.1) is 17.5 Å². The van der Waals surface area contributed by atoms with Crippen LogP contribution in [0.1, 0.15) is 12.8 Å². The van der Waals surface area contributed by atoms with E-state index in [0.717, 1.165) is 26.1 Å². The molecular formula is C14H17N3O3. The number of nitrogens with zero attached hydrogens (tertiary/aromatic N) is 1. The van der Waals surface area contributed by atoms with Crippen LogP contribution in [0.3, 0.4) is 0 Å². The summed E-state index contributed by atoms with van der Waals surface area (Å²) in [5.41, 5.74) is 6.56. The van der Waals surface area contributed by atoms with Crippen molar-refractivity contribution >= 4 is 16.6 Å². The zero-order valence-electron chi connectivity index (χ0n) is 11.1. The van der Waals surface area contributed by atoms with E-state index < -0.39 is 0 Å². The second-order valence-corrected chi connectivity index (χ2v) is 5.01. The van der Waals surface area contributed by atoms with E-state index in [0.29, 0.717) is 29.1 Å². The van der Waals surface area contributed by atoms with E-state index in [1.54, 1.807) is 18.2 Å². The number of nitrogen functional groups attached to an aromatic ring is 1. The Hall–Kier alpha value is -2.08. The first-order valence-corrected chi connectivity index (χ1v) is 6.72. The summed E-state index contributed by atoms with van der Waals surface area (Å²) in [5.74, 6) is 0.455. The van der Waals surface area contributed by atoms with Crippen LogP contribution in [-0.2, 0) is 4.74 Å². The first-order chi connectivity index (χ1) is 9.72. The number of anilines is 1. The second-order valence-electron chi connectivity index (χ2n) is 5.01. The van der Waals surface area contributed by atoms with Crippen LogP contribution in [0.15, 0.2) is 23.0 Å². The summed E-state index contributed by atoms with van der Waals surface area (Å²) < 4.78 is 10.9. The molecule has 0 radical (unpaired) electrons. The van der Waals surface area contributed by atoms with Gasteiger partial charge in [-0.3, -0.25) is 9.78 Å². The monoisotopic (exact) mass is 275 g/mol. The maximum atomic E-state index is 12.0. The fraction of sp³-hybridized carbons (Fsp3) is 0.429. The van der Waals surface area contributed by atoms with E-state index in [1.807, 2.05) is 0 Å². The van der Waals surface area contributed by atoms with Crippen LogP contribution in [0.2, 0.25) is 0 Å². The second kappa shape index (κ2) is 5.50. The summed E-state index contributed by atoms with van der Waals surface area (Å²) in [6, 6.07) is 5.32. The Bertz CT molecular complexity index is 662. The number of ether oxygens (including phenoxy) is 2. The molecule has 1 aromatic heterocycles. The molecule has 2 aromatic rings. The number of aromatic nitrogens is 2. The molecule has 3 rings (SSSR count). The SMILES string of the molecule is Nc1ccc2nc(OCC3CCOCC3)[nH]c(=O)c2c1. The van der Waals surface area contributed by atoms with Crippen LogP contribution < -0.4 is 16.0 Å². The topological polar surface area (TPSA) is 90.2 Å². The van der Waals surface area contributed by atoms with Crippen molar-refractivity contribution in [2.75, 3.05) is 25.6 Å². The fourth-order valence-electron chi connectivity index (χ4n) is 2.31. The maximum Gasteiger partial charge on any atom is 0.297 e. The van der Waals surface area contributed by atoms with Gasteiger partial charge in [-0.15, -0.1) is 0 Å². The minimum Gasteiger partial charge on any atom is -0.464 e. The van der Waals surface area contributed by atoms with Gasteiger partial charge in [-0.2, -0.15) is 4.98 Å². The summed E-state index contributed by atoms with van der Waals surface area (Å²) in [6.45, 7) is 2.09. The molecule has 0 spiro atoms. The van der Waals surface area contributed by atoms with Crippen molar-refractivity contribution in [3.05, 3.63) is 28.6 Å². The summed E-state index contributed by atoms with van der Waals surface area (Å²) in [5, 5.41) is 0.475. The Balaban J connectivity index is 1.78. The van der Waals surface area contributed by atoms with Crippen molar-refractivity contribution in [1.82, 2.24) is 9.97 Å². The Morgan fingerprint density at radius 2 is 2.20 bits per heavy atom. The highest BCUT2D eigenvalue weighted by Gasteiger charge is 2.15. The molecule has 0 saturated carbocycles. The van der Waals surface area contributed by atoms with Crippen LogP contribution in [0.5, 0.6) is 6.01 Å². The zero-order valence-corrected chi connectivity index (χ0v) is 11.1. The van der Waals surface area contributed by atoms with Crippen LogP contribution in [0, 0.1) is 5.92 Å². The van der Waals surface area contributed by atoms with Gasteiger partial charge < -0.3 is 15.2 Å². The van der Waals surface area contributed by atoms with Crippen molar-refractivity contribution in [3.63, 3.8) is 0 Å². The summed E-state index contributed by atoms with van der Waals surface area (Å²) >= 11 is 0. The van der Waals surface area contributed by atoms with Gasteiger partial charge in [-0.05, 0) is 37.0 Å². The highest BCUT2D eigenvalue weighted by Crippen LogP contribution is 2.17. The Morgan fingerprint density at radius 1 is 1.40 bits per heavy atom. The summed E-state index contributed by atoms with van der Waals surface area (Å²) in [4.78, 5) is 18.9. The molecule has 3 N–H and O–H groups in total. The largest absolute Gasteiger partial charge is 0.464 e. The number of hydrogen-bond donors (Lipinski definition) is 2. The average Bonchev–Trinajstić information content (AvgIpc) is 2.47. The van der Waals surface area contributed by atoms with Crippen molar-refractivity contribution in [2.24, 2.45) is 5.92 Å². The van der Waals surface area contributed by atoms with E-state index in [1.165, 1.54) is 0 Å². The molecule has 1 fully saturated rings. The molecule has 0 unspecified atom stereocenters. The van der Waals surface area contributed by atoms with Crippen molar-refractivity contribution in [2.45, 2.75) is 12.8 Å². The normalized spacial score (nSPS) is 16.4. The Morgan fingerprint density at radius 3 is 3.00 bits per heavy atom. The first-order valence-electron chi connectivity index (χ1n) is 6.72. The molecule has 1 saturated heterocycles. The predicted octanol–water partition coefficient (Wildman–Crippen LogP) is 1.31. The quantitative estimate of drug-likeness (QED) is 0.824. The van der Waals surface area contributed by atoms with Crippen molar-refractivity contribution in [1.29, 1.82) is 0 Å². The molecular weight excluding hydrogens is 258 g/mol. The minimum absolute atomic E-state index is 0.232. The molecule has 1 aromatic carbocycles. The van der Waals surface area contributed by atoms with Gasteiger partial charge in [0, 0.05) is 18.9 Å². The molecule has 2 heterocycles. The molecule has 0 atom stereocenters. The average molecular weight is 275 g/mol. The van der Waals surface area contributed by atoms with Crippen LogP contribution in [0.25, 0.3) is 10.9 Å². The van der Waals surface area contributed by atoms with Gasteiger partial charge in [-0.1, -0.05) is 0 Å². The highest BCUT2D eigenvalue weighted by molar-refractivity contribution is 5.81. The number of rotatable bonds is 3. The first kappa shape index (κ1) is 12.9. The molecule has 6 nitrogen and oxygen atoms in total. The lowest BCUT2D eigenvalue weighted by Crippen LogP contribution is -2.22. The third-order valence-corrected chi connectivity index (χ3v) is 3.50. The van der Waals surface area contributed by atoms with Gasteiger partial charge in [0.15, 0.2) is 0 Å². The van der Waals surface area contributed by atoms with Gasteiger partial charge in [0.25, 0.3) is 11.6 Å². The van der Waals surface area contributed by atoms with E-state index in [4.69, 9.17) is 15.2 Å². The number of benzene rings is 1. The molecule has 1 aliphatic rings. The van der Waals surface area contributed by atoms with Crippen LogP contribution in [-0.4, -0.2) is 29.8 Å². The lowest BCUT2D eigenvalue weighted by atomic mass is 10.0. The summed E-state index contributed by atoms with van der Waals surface area (Å²) in [7, 11) is 0. The maximum absolute atomic E-state index is 12.0. The van der Waals surface area contributed by atoms with E-state index in [9.17, 15) is 4.79 Å². The molecule has 0 amide bonds. The van der Waals surface area contributed by atoms with Gasteiger partial charge in [0.2, 0.25) is 0 Å². The fourth-order valence-corrected chi connectivity index (χ4v) is 2.31. The highest BCUT2D eigenvalue weighted by atomic mass is 16.5. The van der Waals surface area contributed by atoms with Crippen molar-refractivity contribution < 1.29 is 9.47 Å². The molecule has 0 aliphatic carbocycles. The third-order valence-electron chi connectivity index (χ3n) is 3.50. The molecule has 20 heavy (non-hydrogen) atoms. The summed E-state index contributed by atoms with van der Waals surface area (Å²) in [6.07, 6.45) is 1.96. The van der Waals surface area contributed by atoms with E-state index in [2.05, 4.69) is 9.97 Å². The number of nitrogens with one attached hydrogen (secondary N) is 1. The standard InChI is InChI=1S/C14H17N3O3/c15-10-1-2-12-11(7-10)13(18)17-14(16-12)20-8-9-3-5-19-6-4-9/h1-2,7,9H,3-6,8,15H2,(H,16,17,18). The lowest BCUT2D eigenvalue weighted by molar-refractivity contribution is 0.0482. The number of fused-ring (bicyclic) bond motifs is 1. The third kappa shape index (κ3) is 2.75. The van der Waals surface area contributed by atoms with Crippen LogP contribution in [0.4, 0.5) is 5.69 Å². The number of aromatic amines is 1. The molecule has 0 bridgehead atoms. The molecule has 6 heteroatoms. The van der Waals surface area contributed by atoms with E-state index in [-0.39, 0.29) is 11.6 Å². The van der Waals surface area contributed by atoms with Crippen molar-refractivity contribution in [3.8, 4) is 6.01 Å². The molecule has 106 valence electrons. The Kier molecular flexibility index (Phi) is 3.56. The zero-order chi connectivity index (χ0) is 13.9. The smallest absolute Gasteiger partial charge is 0.297 e. The van der Waals surface area contributed by atoms with E-state index >= 15 is 0 Å². The number of nitrogens with two attached hydrogens (primary N) is 1. The van der Waals surface area contributed by atoms with Gasteiger partial charge >= 0.3 is 0 Å². The lowest BCUT2D eigenvalue weighted by Gasteiger charge is -2.21.